The Labute approximate surface area is 136 Å². The standard InChI is InChI=1S/C16H25N7/c1-12(5-6-23-9-7-22(2)8-10-23)20-15-13-3-4-14(17)21-16(13)19-11-18-15/h3-4,11-12H,5-10H2,1-2H3,(H3,17,18,19,20,21). The van der Waals surface area contributed by atoms with Gasteiger partial charge in [0.15, 0.2) is 5.65 Å². The molecule has 124 valence electrons. The Hall–Kier alpha value is -1.99. The van der Waals surface area contributed by atoms with Crippen molar-refractivity contribution in [1.29, 1.82) is 0 Å². The van der Waals surface area contributed by atoms with Crippen molar-refractivity contribution in [3.63, 3.8) is 0 Å². The molecule has 0 amide bonds. The van der Waals surface area contributed by atoms with Crippen LogP contribution in [0.5, 0.6) is 0 Å². The molecule has 0 saturated carbocycles. The molecule has 0 aromatic carbocycles. The highest BCUT2D eigenvalue weighted by molar-refractivity contribution is 5.87. The average molecular weight is 315 g/mol. The number of nitrogens with two attached hydrogens (primary N) is 1. The Morgan fingerprint density at radius 2 is 2.00 bits per heavy atom. The van der Waals surface area contributed by atoms with Gasteiger partial charge in [0.2, 0.25) is 0 Å². The van der Waals surface area contributed by atoms with Crippen molar-refractivity contribution in [2.45, 2.75) is 19.4 Å². The van der Waals surface area contributed by atoms with Gasteiger partial charge < -0.3 is 20.9 Å². The molecule has 3 N–H and O–H groups in total. The van der Waals surface area contributed by atoms with Gasteiger partial charge in [0.25, 0.3) is 0 Å². The minimum absolute atomic E-state index is 0.338. The predicted octanol–water partition coefficient (Wildman–Crippen LogP) is 1.04. The molecule has 7 heteroatoms. The molecule has 1 aliphatic rings. The highest BCUT2D eigenvalue weighted by atomic mass is 15.2. The number of likely N-dealkylation sites (N-methyl/N-ethyl adjacent to an activating group) is 1. The van der Waals surface area contributed by atoms with Gasteiger partial charge in [-0.25, -0.2) is 15.0 Å². The first-order valence-electron chi connectivity index (χ1n) is 8.16. The van der Waals surface area contributed by atoms with Gasteiger partial charge >= 0.3 is 0 Å². The molecule has 0 bridgehead atoms. The number of fused-ring (bicyclic) bond motifs is 1. The van der Waals surface area contributed by atoms with E-state index < -0.39 is 0 Å². The maximum atomic E-state index is 5.71. The molecule has 1 saturated heterocycles. The molecule has 0 radical (unpaired) electrons. The fraction of sp³-hybridized carbons (Fsp3) is 0.562. The van der Waals surface area contributed by atoms with E-state index in [4.69, 9.17) is 5.73 Å². The zero-order valence-electron chi connectivity index (χ0n) is 13.9. The smallest absolute Gasteiger partial charge is 0.166 e. The summed E-state index contributed by atoms with van der Waals surface area (Å²) in [7, 11) is 2.18. The van der Waals surface area contributed by atoms with Gasteiger partial charge in [-0.15, -0.1) is 0 Å². The highest BCUT2D eigenvalue weighted by Crippen LogP contribution is 2.19. The monoisotopic (exact) mass is 315 g/mol. The molecule has 2 aromatic rings. The third-order valence-corrected chi connectivity index (χ3v) is 4.38. The van der Waals surface area contributed by atoms with Crippen LogP contribution in [-0.4, -0.2) is 70.6 Å². The number of anilines is 2. The van der Waals surface area contributed by atoms with Gasteiger partial charge in [0.05, 0.1) is 5.39 Å². The van der Waals surface area contributed by atoms with Crippen LogP contribution in [0.2, 0.25) is 0 Å². The Balaban J connectivity index is 1.58. The highest BCUT2D eigenvalue weighted by Gasteiger charge is 2.15. The van der Waals surface area contributed by atoms with Gasteiger partial charge in [0, 0.05) is 38.8 Å². The molecule has 1 atom stereocenters. The van der Waals surface area contributed by atoms with Gasteiger partial charge in [-0.3, -0.25) is 0 Å². The number of rotatable bonds is 5. The summed E-state index contributed by atoms with van der Waals surface area (Å²) < 4.78 is 0. The van der Waals surface area contributed by atoms with E-state index in [1.165, 1.54) is 6.33 Å². The first-order valence-corrected chi connectivity index (χ1v) is 8.16. The number of nitrogen functional groups attached to an aromatic ring is 1. The summed E-state index contributed by atoms with van der Waals surface area (Å²) >= 11 is 0. The predicted molar refractivity (Wildman–Crippen MR) is 93.4 cm³/mol. The maximum absolute atomic E-state index is 5.71. The van der Waals surface area contributed by atoms with Crippen molar-refractivity contribution in [2.24, 2.45) is 0 Å². The molecule has 0 spiro atoms. The van der Waals surface area contributed by atoms with Crippen LogP contribution in [-0.2, 0) is 0 Å². The Morgan fingerprint density at radius 1 is 1.22 bits per heavy atom. The lowest BCUT2D eigenvalue weighted by Gasteiger charge is -2.33. The molecule has 2 aromatic heterocycles. The molecule has 3 rings (SSSR count). The Kier molecular flexibility index (Phi) is 4.88. The number of pyridine rings is 1. The zero-order chi connectivity index (χ0) is 16.2. The molecule has 1 fully saturated rings. The van der Waals surface area contributed by atoms with E-state index in [2.05, 4.69) is 44.0 Å². The molecule has 1 unspecified atom stereocenters. The minimum Gasteiger partial charge on any atom is -0.384 e. The van der Waals surface area contributed by atoms with E-state index in [-0.39, 0.29) is 0 Å². The number of piperazine rings is 1. The SMILES string of the molecule is CC(CCN1CCN(C)CC1)Nc1ncnc2nc(N)ccc12. The van der Waals surface area contributed by atoms with E-state index in [0.717, 1.165) is 50.3 Å². The van der Waals surface area contributed by atoms with Crippen molar-refractivity contribution in [1.82, 2.24) is 24.8 Å². The number of aromatic nitrogens is 3. The fourth-order valence-corrected chi connectivity index (χ4v) is 2.83. The van der Waals surface area contributed by atoms with Crippen molar-refractivity contribution < 1.29 is 0 Å². The van der Waals surface area contributed by atoms with E-state index in [9.17, 15) is 0 Å². The molecule has 7 nitrogen and oxygen atoms in total. The van der Waals surface area contributed by atoms with Crippen LogP contribution in [0.4, 0.5) is 11.6 Å². The lowest BCUT2D eigenvalue weighted by Crippen LogP contribution is -2.45. The quantitative estimate of drug-likeness (QED) is 0.853. The molecular weight excluding hydrogens is 290 g/mol. The van der Waals surface area contributed by atoms with Crippen LogP contribution in [0, 0.1) is 0 Å². The van der Waals surface area contributed by atoms with Crippen LogP contribution in [0.3, 0.4) is 0 Å². The Morgan fingerprint density at radius 3 is 2.78 bits per heavy atom. The fourth-order valence-electron chi connectivity index (χ4n) is 2.83. The number of nitrogens with zero attached hydrogens (tertiary/aromatic N) is 5. The molecular formula is C16H25N7. The second kappa shape index (κ2) is 7.06. The van der Waals surface area contributed by atoms with Gasteiger partial charge in [0.1, 0.15) is 18.0 Å². The first-order chi connectivity index (χ1) is 11.1. The summed E-state index contributed by atoms with van der Waals surface area (Å²) in [6.07, 6.45) is 2.61. The lowest BCUT2D eigenvalue weighted by molar-refractivity contribution is 0.151. The normalized spacial score (nSPS) is 18.2. The third-order valence-electron chi connectivity index (χ3n) is 4.38. The van der Waals surface area contributed by atoms with Crippen molar-refractivity contribution >= 4 is 22.7 Å². The van der Waals surface area contributed by atoms with Crippen LogP contribution < -0.4 is 11.1 Å². The summed E-state index contributed by atoms with van der Waals surface area (Å²) in [5.41, 5.74) is 6.35. The second-order valence-electron chi connectivity index (χ2n) is 6.31. The summed E-state index contributed by atoms with van der Waals surface area (Å²) in [5.74, 6) is 1.30. The molecule has 0 aliphatic carbocycles. The maximum Gasteiger partial charge on any atom is 0.166 e. The Bertz CT molecular complexity index is 652. The zero-order valence-corrected chi connectivity index (χ0v) is 13.9. The lowest BCUT2D eigenvalue weighted by atomic mass is 10.2. The summed E-state index contributed by atoms with van der Waals surface area (Å²) in [4.78, 5) is 17.7. The van der Waals surface area contributed by atoms with Crippen LogP contribution in [0.25, 0.3) is 11.0 Å². The summed E-state index contributed by atoms with van der Waals surface area (Å²) in [6.45, 7) is 7.92. The van der Waals surface area contributed by atoms with Gasteiger partial charge in [-0.1, -0.05) is 0 Å². The molecule has 23 heavy (non-hydrogen) atoms. The average Bonchev–Trinajstić information content (AvgIpc) is 2.54. The van der Waals surface area contributed by atoms with Gasteiger partial charge in [-0.2, -0.15) is 0 Å². The second-order valence-corrected chi connectivity index (χ2v) is 6.31. The molecule has 3 heterocycles. The number of hydrogen-bond donors (Lipinski definition) is 2. The van der Waals surface area contributed by atoms with Crippen molar-refractivity contribution in [2.75, 3.05) is 50.8 Å². The summed E-state index contributed by atoms with van der Waals surface area (Å²) in [5, 5.41) is 4.39. The summed E-state index contributed by atoms with van der Waals surface area (Å²) in [6, 6.07) is 4.05. The largest absolute Gasteiger partial charge is 0.384 e. The topological polar surface area (TPSA) is 83.2 Å². The van der Waals surface area contributed by atoms with Crippen LogP contribution in [0.1, 0.15) is 13.3 Å². The van der Waals surface area contributed by atoms with E-state index in [0.29, 0.717) is 17.5 Å². The van der Waals surface area contributed by atoms with Crippen LogP contribution in [0.15, 0.2) is 18.5 Å². The van der Waals surface area contributed by atoms with Gasteiger partial charge in [-0.05, 0) is 32.5 Å². The van der Waals surface area contributed by atoms with E-state index >= 15 is 0 Å². The number of nitrogens with one attached hydrogen (secondary N) is 1. The first kappa shape index (κ1) is 15.9. The van der Waals surface area contributed by atoms with Crippen LogP contribution >= 0.6 is 0 Å². The van der Waals surface area contributed by atoms with Crippen molar-refractivity contribution in [3.05, 3.63) is 18.5 Å². The minimum atomic E-state index is 0.338. The van der Waals surface area contributed by atoms with E-state index in [1.54, 1.807) is 6.07 Å². The van der Waals surface area contributed by atoms with E-state index in [1.807, 2.05) is 6.07 Å². The van der Waals surface area contributed by atoms with Crippen molar-refractivity contribution in [3.8, 4) is 0 Å². The molecule has 1 aliphatic heterocycles. The third kappa shape index (κ3) is 4.05. The number of hydrogen-bond acceptors (Lipinski definition) is 7.